The zero-order valence-electron chi connectivity index (χ0n) is 17.7. The Labute approximate surface area is 182 Å². The van der Waals surface area contributed by atoms with E-state index in [0.717, 1.165) is 24.8 Å². The van der Waals surface area contributed by atoms with Crippen LogP contribution in [0.25, 0.3) is 0 Å². The van der Waals surface area contributed by atoms with E-state index in [2.05, 4.69) is 0 Å². The van der Waals surface area contributed by atoms with E-state index in [1.54, 1.807) is 4.90 Å². The number of hydrogen-bond acceptors (Lipinski definition) is 7. The van der Waals surface area contributed by atoms with Crippen molar-refractivity contribution in [3.05, 3.63) is 35.9 Å². The molecule has 1 aliphatic carbocycles. The molecule has 4 aliphatic rings. The van der Waals surface area contributed by atoms with Crippen LogP contribution < -0.4 is 0 Å². The van der Waals surface area contributed by atoms with Gasteiger partial charge in [-0.1, -0.05) is 30.3 Å². The van der Waals surface area contributed by atoms with Gasteiger partial charge in [0, 0.05) is 13.1 Å². The van der Waals surface area contributed by atoms with Gasteiger partial charge in [0.1, 0.15) is 18.8 Å². The average molecular weight is 434 g/mol. The summed E-state index contributed by atoms with van der Waals surface area (Å²) in [6, 6.07) is 9.70. The highest BCUT2D eigenvalue weighted by molar-refractivity contribution is 5.67. The third kappa shape index (κ3) is 4.45. The first kappa shape index (κ1) is 21.2. The Morgan fingerprint density at radius 3 is 2.71 bits per heavy atom. The van der Waals surface area contributed by atoms with Crippen molar-refractivity contribution in [2.45, 2.75) is 56.4 Å². The summed E-state index contributed by atoms with van der Waals surface area (Å²) in [4.78, 5) is 14.0. The van der Waals surface area contributed by atoms with E-state index >= 15 is 0 Å². The monoisotopic (exact) mass is 433 g/mol. The van der Waals surface area contributed by atoms with Gasteiger partial charge in [-0.3, -0.25) is 0 Å². The third-order valence-corrected chi connectivity index (χ3v) is 6.94. The minimum absolute atomic E-state index is 0.0422. The molecular weight excluding hydrogens is 402 g/mol. The fraction of sp³-hybridized carbons (Fsp3) is 0.696. The summed E-state index contributed by atoms with van der Waals surface area (Å²) < 4.78 is 28.9. The van der Waals surface area contributed by atoms with E-state index < -0.39 is 6.10 Å². The molecule has 1 aromatic carbocycles. The minimum Gasteiger partial charge on any atom is -0.445 e. The van der Waals surface area contributed by atoms with Gasteiger partial charge in [0.25, 0.3) is 0 Å². The van der Waals surface area contributed by atoms with Crippen molar-refractivity contribution in [1.29, 1.82) is 0 Å². The van der Waals surface area contributed by atoms with Crippen LogP contribution in [0.2, 0.25) is 0 Å². The molecule has 0 radical (unpaired) electrons. The Morgan fingerprint density at radius 1 is 1.13 bits per heavy atom. The van der Waals surface area contributed by atoms with Gasteiger partial charge in [-0.15, -0.1) is 0 Å². The number of likely N-dealkylation sites (tertiary alicyclic amines) is 1. The number of aliphatic hydroxyl groups is 1. The van der Waals surface area contributed by atoms with Crippen molar-refractivity contribution in [3.63, 3.8) is 0 Å². The summed E-state index contributed by atoms with van der Waals surface area (Å²) in [6.45, 7) is 3.61. The Kier molecular flexibility index (Phi) is 6.16. The molecule has 4 fully saturated rings. The summed E-state index contributed by atoms with van der Waals surface area (Å²) >= 11 is 0. The van der Waals surface area contributed by atoms with Gasteiger partial charge >= 0.3 is 6.09 Å². The predicted molar refractivity (Wildman–Crippen MR) is 109 cm³/mol. The quantitative estimate of drug-likeness (QED) is 0.656. The number of carbonyl (C=O) groups is 1. The molecule has 0 bridgehead atoms. The molecule has 1 N–H and O–H groups in total. The largest absolute Gasteiger partial charge is 0.445 e. The van der Waals surface area contributed by atoms with Crippen molar-refractivity contribution in [3.8, 4) is 0 Å². The van der Waals surface area contributed by atoms with Crippen LogP contribution in [0.15, 0.2) is 30.3 Å². The first-order valence-electron chi connectivity index (χ1n) is 11.3. The first-order valence-corrected chi connectivity index (χ1v) is 11.3. The highest BCUT2D eigenvalue weighted by atomic mass is 16.6. The van der Waals surface area contributed by atoms with Crippen LogP contribution in [0, 0.1) is 5.41 Å². The molecule has 4 unspecified atom stereocenters. The Balaban J connectivity index is 0.955. The van der Waals surface area contributed by atoms with Crippen molar-refractivity contribution < 1.29 is 33.6 Å². The summed E-state index contributed by atoms with van der Waals surface area (Å²) in [6.07, 6.45) is 1.77. The van der Waals surface area contributed by atoms with Crippen molar-refractivity contribution in [2.24, 2.45) is 5.41 Å². The number of hydrogen-bond donors (Lipinski definition) is 1. The number of amides is 1. The zero-order chi connectivity index (χ0) is 21.3. The number of piperidine rings is 1. The molecule has 170 valence electrons. The van der Waals surface area contributed by atoms with Gasteiger partial charge in [0.05, 0.1) is 50.2 Å². The highest BCUT2D eigenvalue weighted by Gasteiger charge is 2.69. The maximum Gasteiger partial charge on any atom is 0.410 e. The van der Waals surface area contributed by atoms with Gasteiger partial charge in [-0.2, -0.15) is 0 Å². The van der Waals surface area contributed by atoms with Crippen molar-refractivity contribution >= 4 is 6.09 Å². The number of fused-ring (bicyclic) bond motifs is 2. The average Bonchev–Trinajstić information content (AvgIpc) is 3.18. The Morgan fingerprint density at radius 2 is 1.90 bits per heavy atom. The van der Waals surface area contributed by atoms with Crippen molar-refractivity contribution in [1.82, 2.24) is 4.90 Å². The first-order chi connectivity index (χ1) is 15.2. The maximum atomic E-state index is 12.2. The highest BCUT2D eigenvalue weighted by Crippen LogP contribution is 2.58. The molecule has 5 atom stereocenters. The molecule has 3 saturated heterocycles. The molecule has 8 heteroatoms. The lowest BCUT2D eigenvalue weighted by Gasteiger charge is -2.31. The number of benzene rings is 1. The lowest BCUT2D eigenvalue weighted by Crippen LogP contribution is -2.41. The summed E-state index contributed by atoms with van der Waals surface area (Å²) in [7, 11) is 0. The maximum absolute atomic E-state index is 12.2. The lowest BCUT2D eigenvalue weighted by atomic mass is 9.98. The normalized spacial score (nSPS) is 34.8. The SMILES string of the molecule is O=C(OCc1ccccc1)N1CCC(OCCOC2C[C@@]23COC2C(O)COC23)CC1. The second-order valence-corrected chi connectivity index (χ2v) is 8.99. The molecule has 5 rings (SSSR count). The molecule has 0 aromatic heterocycles. The van der Waals surface area contributed by atoms with Gasteiger partial charge in [0.15, 0.2) is 0 Å². The van der Waals surface area contributed by atoms with Gasteiger partial charge in [-0.25, -0.2) is 4.79 Å². The molecule has 8 nitrogen and oxygen atoms in total. The number of carbonyl (C=O) groups excluding carboxylic acids is 1. The Hall–Kier alpha value is -1.71. The van der Waals surface area contributed by atoms with Crippen LogP contribution in [0.3, 0.4) is 0 Å². The van der Waals surface area contributed by atoms with E-state index in [1.165, 1.54) is 0 Å². The molecule has 31 heavy (non-hydrogen) atoms. The number of nitrogens with zero attached hydrogens (tertiary/aromatic N) is 1. The van der Waals surface area contributed by atoms with Crippen molar-refractivity contribution in [2.75, 3.05) is 39.5 Å². The molecule has 1 spiro atoms. The molecule has 1 saturated carbocycles. The third-order valence-electron chi connectivity index (χ3n) is 6.94. The fourth-order valence-corrected chi connectivity index (χ4v) is 5.00. The van der Waals surface area contributed by atoms with E-state index in [9.17, 15) is 9.90 Å². The summed E-state index contributed by atoms with van der Waals surface area (Å²) in [5.41, 5.74) is 0.912. The molecule has 3 heterocycles. The smallest absolute Gasteiger partial charge is 0.410 e. The van der Waals surface area contributed by atoms with Crippen LogP contribution in [0.1, 0.15) is 24.8 Å². The lowest BCUT2D eigenvalue weighted by molar-refractivity contribution is -0.0377. The standard InChI is InChI=1S/C23H31NO7/c25-18-14-29-21-20(18)31-15-23(21)12-19(23)28-11-10-27-17-6-8-24(9-7-17)22(26)30-13-16-4-2-1-3-5-16/h1-5,17-21,25H,6-15H2/t18?,19?,20?,21?,23-/m1/s1. The van der Waals surface area contributed by atoms with Crippen LogP contribution in [-0.4, -0.2) is 86.1 Å². The van der Waals surface area contributed by atoms with E-state index in [0.29, 0.717) is 46.1 Å². The van der Waals surface area contributed by atoms with E-state index in [1.807, 2.05) is 30.3 Å². The second kappa shape index (κ2) is 9.03. The molecule has 1 amide bonds. The van der Waals surface area contributed by atoms with Crippen LogP contribution >= 0.6 is 0 Å². The van der Waals surface area contributed by atoms with Gasteiger partial charge in [0.2, 0.25) is 0 Å². The Bertz CT molecular complexity index is 754. The predicted octanol–water partition coefficient (Wildman–Crippen LogP) is 1.74. The zero-order valence-corrected chi connectivity index (χ0v) is 17.7. The molecule has 1 aromatic rings. The summed E-state index contributed by atoms with van der Waals surface area (Å²) in [5.74, 6) is 0. The van der Waals surface area contributed by atoms with Gasteiger partial charge < -0.3 is 33.7 Å². The summed E-state index contributed by atoms with van der Waals surface area (Å²) in [5, 5.41) is 9.90. The second-order valence-electron chi connectivity index (χ2n) is 8.99. The molecule has 3 aliphatic heterocycles. The van der Waals surface area contributed by atoms with Crippen LogP contribution in [0.5, 0.6) is 0 Å². The number of aliphatic hydroxyl groups excluding tert-OH is 1. The van der Waals surface area contributed by atoms with E-state index in [4.69, 9.17) is 23.7 Å². The fourth-order valence-electron chi connectivity index (χ4n) is 5.00. The topological polar surface area (TPSA) is 86.7 Å². The van der Waals surface area contributed by atoms with Gasteiger partial charge in [-0.05, 0) is 24.8 Å². The minimum atomic E-state index is -0.518. The van der Waals surface area contributed by atoms with Crippen LogP contribution in [-0.2, 0) is 30.3 Å². The number of ether oxygens (including phenoxy) is 5. The number of rotatable bonds is 7. The molecular formula is C23H31NO7. The van der Waals surface area contributed by atoms with Crippen LogP contribution in [0.4, 0.5) is 4.79 Å². The van der Waals surface area contributed by atoms with E-state index in [-0.39, 0.29) is 35.9 Å².